The molecule has 3 aromatic carbocycles. The van der Waals surface area contributed by atoms with E-state index in [0.717, 1.165) is 15.2 Å². The van der Waals surface area contributed by atoms with Gasteiger partial charge in [-0.2, -0.15) is 0 Å². The molecule has 5 nitrogen and oxygen atoms in total. The number of nitrogens with zero attached hydrogens (tertiary/aromatic N) is 1. The second-order valence-electron chi connectivity index (χ2n) is 5.93. The maximum absolute atomic E-state index is 12.7. The summed E-state index contributed by atoms with van der Waals surface area (Å²) in [6.45, 7) is -0.170. The van der Waals surface area contributed by atoms with Crippen molar-refractivity contribution in [3.63, 3.8) is 0 Å². The molecule has 0 bridgehead atoms. The number of fused-ring (bicyclic) bond motifs is 2. The highest BCUT2D eigenvalue weighted by molar-refractivity contribution is 9.10. The molecule has 0 saturated heterocycles. The minimum absolute atomic E-state index is 0.0158. The molecule has 26 heavy (non-hydrogen) atoms. The molecule has 0 unspecified atom stereocenters. The van der Waals surface area contributed by atoms with Gasteiger partial charge in [-0.25, -0.2) is 0 Å². The Balaban J connectivity index is 1.55. The Morgan fingerprint density at radius 1 is 1.08 bits per heavy atom. The molecule has 2 amide bonds. The molecule has 4 rings (SSSR count). The zero-order chi connectivity index (χ0) is 18.1. The lowest BCUT2D eigenvalue weighted by Crippen LogP contribution is -2.44. The van der Waals surface area contributed by atoms with E-state index in [1.165, 1.54) is 4.90 Å². The third kappa shape index (κ3) is 3.04. The van der Waals surface area contributed by atoms with E-state index >= 15 is 0 Å². The van der Waals surface area contributed by atoms with Gasteiger partial charge in [-0.1, -0.05) is 42.5 Å². The van der Waals surface area contributed by atoms with Crippen molar-refractivity contribution in [2.75, 3.05) is 23.4 Å². The monoisotopic (exact) mass is 410 g/mol. The van der Waals surface area contributed by atoms with Crippen LogP contribution in [0.1, 0.15) is 0 Å². The maximum atomic E-state index is 12.7. The lowest BCUT2D eigenvalue weighted by Gasteiger charge is -2.29. The van der Waals surface area contributed by atoms with Crippen molar-refractivity contribution >= 4 is 49.9 Å². The molecule has 0 radical (unpaired) electrons. The lowest BCUT2D eigenvalue weighted by atomic mass is 10.1. The van der Waals surface area contributed by atoms with Crippen molar-refractivity contribution in [1.82, 2.24) is 0 Å². The smallest absolute Gasteiger partial charge is 0.265 e. The molecule has 130 valence electrons. The van der Waals surface area contributed by atoms with Gasteiger partial charge in [0.1, 0.15) is 12.3 Å². The normalized spacial score (nSPS) is 13.3. The van der Waals surface area contributed by atoms with Gasteiger partial charge < -0.3 is 10.1 Å². The fourth-order valence-electron chi connectivity index (χ4n) is 3.00. The molecule has 1 aliphatic heterocycles. The third-order valence-electron chi connectivity index (χ3n) is 4.25. The summed E-state index contributed by atoms with van der Waals surface area (Å²) in [5.41, 5.74) is 1.31. The van der Waals surface area contributed by atoms with E-state index in [9.17, 15) is 9.59 Å². The molecule has 0 aromatic heterocycles. The predicted octanol–water partition coefficient (Wildman–Crippen LogP) is 3.97. The van der Waals surface area contributed by atoms with Gasteiger partial charge in [0.25, 0.3) is 5.91 Å². The fraction of sp³-hybridized carbons (Fsp3) is 0.100. The summed E-state index contributed by atoms with van der Waals surface area (Å²) in [4.78, 5) is 26.0. The molecule has 1 N–H and O–H groups in total. The topological polar surface area (TPSA) is 58.6 Å². The number of para-hydroxylation sites is 2. The van der Waals surface area contributed by atoms with Crippen LogP contribution in [-0.4, -0.2) is 25.0 Å². The zero-order valence-electron chi connectivity index (χ0n) is 13.7. The standard InChI is InChI=1S/C20H15BrN2O3/c21-20-14-6-2-1-5-13(14)9-10-17(20)26-12-19(25)23-11-18(24)22-15-7-3-4-8-16(15)23/h1-10H,11-12H2,(H,22,24). The highest BCUT2D eigenvalue weighted by Crippen LogP contribution is 2.33. The molecule has 1 heterocycles. The minimum atomic E-state index is -0.271. The van der Waals surface area contributed by atoms with Crippen LogP contribution < -0.4 is 15.0 Å². The van der Waals surface area contributed by atoms with E-state index < -0.39 is 0 Å². The number of anilines is 2. The molecular formula is C20H15BrN2O3. The van der Waals surface area contributed by atoms with E-state index in [1.807, 2.05) is 48.5 Å². The summed E-state index contributed by atoms with van der Waals surface area (Å²) in [6, 6.07) is 18.9. The number of hydrogen-bond acceptors (Lipinski definition) is 3. The quantitative estimate of drug-likeness (QED) is 0.710. The van der Waals surface area contributed by atoms with Crippen molar-refractivity contribution < 1.29 is 14.3 Å². The van der Waals surface area contributed by atoms with Crippen LogP contribution in [0.25, 0.3) is 10.8 Å². The highest BCUT2D eigenvalue weighted by atomic mass is 79.9. The van der Waals surface area contributed by atoms with Gasteiger partial charge in [0.2, 0.25) is 5.91 Å². The van der Waals surface area contributed by atoms with Crippen molar-refractivity contribution in [2.24, 2.45) is 0 Å². The van der Waals surface area contributed by atoms with Crippen molar-refractivity contribution in [1.29, 1.82) is 0 Å². The lowest BCUT2D eigenvalue weighted by molar-refractivity contribution is -0.123. The number of hydrogen-bond donors (Lipinski definition) is 1. The summed E-state index contributed by atoms with van der Waals surface area (Å²) < 4.78 is 6.55. The number of amides is 2. The molecule has 1 aliphatic rings. The minimum Gasteiger partial charge on any atom is -0.483 e. The van der Waals surface area contributed by atoms with Crippen LogP contribution in [0.4, 0.5) is 11.4 Å². The Labute approximate surface area is 158 Å². The van der Waals surface area contributed by atoms with Gasteiger partial charge in [0, 0.05) is 0 Å². The average Bonchev–Trinajstić information content (AvgIpc) is 2.66. The Morgan fingerprint density at radius 2 is 1.85 bits per heavy atom. The van der Waals surface area contributed by atoms with Crippen LogP contribution in [0.3, 0.4) is 0 Å². The first-order valence-corrected chi connectivity index (χ1v) is 8.92. The molecule has 3 aromatic rings. The maximum Gasteiger partial charge on any atom is 0.265 e. The number of ether oxygens (including phenoxy) is 1. The molecule has 0 fully saturated rings. The Hall–Kier alpha value is -2.86. The van der Waals surface area contributed by atoms with Crippen LogP contribution in [0.2, 0.25) is 0 Å². The van der Waals surface area contributed by atoms with E-state index in [4.69, 9.17) is 4.74 Å². The van der Waals surface area contributed by atoms with Crippen molar-refractivity contribution in [3.05, 3.63) is 65.1 Å². The van der Waals surface area contributed by atoms with Crippen molar-refractivity contribution in [3.8, 4) is 5.75 Å². The van der Waals surface area contributed by atoms with E-state index in [0.29, 0.717) is 17.1 Å². The molecule has 0 aliphatic carbocycles. The fourth-order valence-corrected chi connectivity index (χ4v) is 3.61. The molecule has 0 atom stereocenters. The third-order valence-corrected chi connectivity index (χ3v) is 5.07. The summed E-state index contributed by atoms with van der Waals surface area (Å²) >= 11 is 3.55. The van der Waals surface area contributed by atoms with E-state index in [-0.39, 0.29) is 25.0 Å². The number of carbonyl (C=O) groups excluding carboxylic acids is 2. The summed E-state index contributed by atoms with van der Waals surface area (Å²) in [5.74, 6) is 0.100. The average molecular weight is 411 g/mol. The van der Waals surface area contributed by atoms with Gasteiger partial charge in [-0.3, -0.25) is 14.5 Å². The number of carbonyl (C=O) groups is 2. The molecular weight excluding hydrogens is 396 g/mol. The number of benzene rings is 3. The highest BCUT2D eigenvalue weighted by Gasteiger charge is 2.26. The molecule has 6 heteroatoms. The molecule has 0 spiro atoms. The van der Waals surface area contributed by atoms with Crippen molar-refractivity contribution in [2.45, 2.75) is 0 Å². The van der Waals surface area contributed by atoms with E-state index in [2.05, 4.69) is 21.2 Å². The second kappa shape index (κ2) is 6.80. The van der Waals surface area contributed by atoms with Crippen LogP contribution in [0, 0.1) is 0 Å². The SMILES string of the molecule is O=C1CN(C(=O)COc2ccc3ccccc3c2Br)c2ccccc2N1. The first-order valence-electron chi connectivity index (χ1n) is 8.13. The summed E-state index contributed by atoms with van der Waals surface area (Å²) in [6.07, 6.45) is 0. The van der Waals surface area contributed by atoms with Crippen LogP contribution in [0.15, 0.2) is 65.1 Å². The van der Waals surface area contributed by atoms with Gasteiger partial charge in [-0.15, -0.1) is 0 Å². The van der Waals surface area contributed by atoms with Gasteiger partial charge in [-0.05, 0) is 44.9 Å². The van der Waals surface area contributed by atoms with Crippen LogP contribution in [-0.2, 0) is 9.59 Å². The van der Waals surface area contributed by atoms with Crippen LogP contribution in [0.5, 0.6) is 5.75 Å². The van der Waals surface area contributed by atoms with Gasteiger partial charge in [0.15, 0.2) is 6.61 Å². The van der Waals surface area contributed by atoms with Gasteiger partial charge >= 0.3 is 0 Å². The number of nitrogens with one attached hydrogen (secondary N) is 1. The predicted molar refractivity (Wildman–Crippen MR) is 105 cm³/mol. The first kappa shape index (κ1) is 16.6. The largest absolute Gasteiger partial charge is 0.483 e. The van der Waals surface area contributed by atoms with Gasteiger partial charge in [0.05, 0.1) is 15.8 Å². The Kier molecular flexibility index (Phi) is 4.34. The first-order chi connectivity index (χ1) is 12.6. The zero-order valence-corrected chi connectivity index (χ0v) is 15.3. The number of halogens is 1. The Morgan fingerprint density at radius 3 is 2.73 bits per heavy atom. The Bertz CT molecular complexity index is 1020. The van der Waals surface area contributed by atoms with E-state index in [1.54, 1.807) is 12.1 Å². The molecule has 0 saturated carbocycles. The second-order valence-corrected chi connectivity index (χ2v) is 6.73. The summed E-state index contributed by atoms with van der Waals surface area (Å²) in [7, 11) is 0. The number of rotatable bonds is 3. The summed E-state index contributed by atoms with van der Waals surface area (Å²) in [5, 5.41) is 4.86. The van der Waals surface area contributed by atoms with Crippen LogP contribution >= 0.6 is 15.9 Å².